The highest BCUT2D eigenvalue weighted by Crippen LogP contribution is 2.25. The van der Waals surface area contributed by atoms with Crippen LogP contribution in [0.3, 0.4) is 0 Å². The number of piperazine rings is 1. The van der Waals surface area contributed by atoms with Gasteiger partial charge in [-0.2, -0.15) is 0 Å². The molecule has 2 saturated heterocycles. The summed E-state index contributed by atoms with van der Waals surface area (Å²) in [6.45, 7) is 5.98. The quantitative estimate of drug-likeness (QED) is 0.849. The second kappa shape index (κ2) is 5.81. The number of hydrogen-bond acceptors (Lipinski definition) is 3. The lowest BCUT2D eigenvalue weighted by Gasteiger charge is -2.44. The number of fused-ring (bicyclic) bond motifs is 1. The van der Waals surface area contributed by atoms with Crippen LogP contribution in [-0.2, 0) is 6.54 Å². The van der Waals surface area contributed by atoms with Gasteiger partial charge in [-0.15, -0.1) is 0 Å². The maximum absolute atomic E-state index is 5.80. The van der Waals surface area contributed by atoms with Crippen LogP contribution in [0, 0.1) is 0 Å². The summed E-state index contributed by atoms with van der Waals surface area (Å²) >= 11 is 3.63. The summed E-state index contributed by atoms with van der Waals surface area (Å²) in [5.41, 5.74) is 7.97. The average Bonchev–Trinajstić information content (AvgIpc) is 2.42. The molecule has 1 atom stereocenters. The molecule has 0 amide bonds. The molecule has 0 spiro atoms. The fraction of sp³-hybridized carbons (Fsp3) is 0.600. The molecule has 2 fully saturated rings. The van der Waals surface area contributed by atoms with Gasteiger partial charge in [0.25, 0.3) is 0 Å². The van der Waals surface area contributed by atoms with E-state index in [2.05, 4.69) is 31.8 Å². The molecule has 0 radical (unpaired) electrons. The Morgan fingerprint density at radius 2 is 2.11 bits per heavy atom. The van der Waals surface area contributed by atoms with Gasteiger partial charge in [-0.3, -0.25) is 9.80 Å². The van der Waals surface area contributed by atoms with E-state index in [0.29, 0.717) is 0 Å². The van der Waals surface area contributed by atoms with Gasteiger partial charge in [-0.05, 0) is 37.1 Å². The monoisotopic (exact) mass is 323 g/mol. The smallest absolute Gasteiger partial charge is 0.0325 e. The molecular weight excluding hydrogens is 302 g/mol. The Morgan fingerprint density at radius 1 is 1.21 bits per heavy atom. The summed E-state index contributed by atoms with van der Waals surface area (Å²) in [7, 11) is 0. The van der Waals surface area contributed by atoms with Crippen LogP contribution in [0.15, 0.2) is 22.7 Å². The van der Waals surface area contributed by atoms with Gasteiger partial charge in [-0.25, -0.2) is 0 Å². The van der Waals surface area contributed by atoms with Crippen LogP contribution in [0.5, 0.6) is 0 Å². The summed E-state index contributed by atoms with van der Waals surface area (Å²) in [6.07, 6.45) is 4.17. The van der Waals surface area contributed by atoms with E-state index in [1.807, 2.05) is 12.1 Å². The predicted octanol–water partition coefficient (Wildman–Crippen LogP) is 2.70. The highest BCUT2D eigenvalue weighted by atomic mass is 79.9. The fourth-order valence-corrected chi connectivity index (χ4v) is 3.82. The zero-order valence-corrected chi connectivity index (χ0v) is 12.9. The van der Waals surface area contributed by atoms with Crippen molar-refractivity contribution >= 4 is 21.6 Å². The first-order chi connectivity index (χ1) is 9.22. The Hall–Kier alpha value is -0.580. The van der Waals surface area contributed by atoms with E-state index in [0.717, 1.165) is 22.7 Å². The first kappa shape index (κ1) is 13.4. The van der Waals surface area contributed by atoms with Crippen molar-refractivity contribution in [1.82, 2.24) is 9.80 Å². The fourth-order valence-electron chi connectivity index (χ4n) is 3.30. The van der Waals surface area contributed by atoms with Gasteiger partial charge in [0, 0.05) is 42.4 Å². The lowest BCUT2D eigenvalue weighted by Crippen LogP contribution is -2.54. The van der Waals surface area contributed by atoms with Crippen molar-refractivity contribution in [2.45, 2.75) is 31.8 Å². The van der Waals surface area contributed by atoms with Gasteiger partial charge < -0.3 is 5.73 Å². The van der Waals surface area contributed by atoms with Crippen LogP contribution < -0.4 is 5.73 Å². The first-order valence-corrected chi connectivity index (χ1v) is 8.02. The van der Waals surface area contributed by atoms with Crippen LogP contribution in [0.1, 0.15) is 24.8 Å². The van der Waals surface area contributed by atoms with E-state index in [1.54, 1.807) is 0 Å². The van der Waals surface area contributed by atoms with Crippen molar-refractivity contribution < 1.29 is 0 Å². The molecule has 2 aliphatic rings. The lowest BCUT2D eigenvalue weighted by molar-refractivity contribution is 0.0456. The Balaban J connectivity index is 1.64. The van der Waals surface area contributed by atoms with Gasteiger partial charge in [-0.1, -0.05) is 28.4 Å². The van der Waals surface area contributed by atoms with E-state index in [9.17, 15) is 0 Å². The Labute approximate surface area is 123 Å². The van der Waals surface area contributed by atoms with Crippen molar-refractivity contribution in [2.75, 3.05) is 31.9 Å². The molecule has 2 heterocycles. The second-order valence-corrected chi connectivity index (χ2v) is 6.63. The van der Waals surface area contributed by atoms with Crippen LogP contribution in [0.4, 0.5) is 5.69 Å². The molecule has 0 aliphatic carbocycles. The summed E-state index contributed by atoms with van der Waals surface area (Å²) in [5, 5.41) is 0. The summed E-state index contributed by atoms with van der Waals surface area (Å²) in [4.78, 5) is 5.26. The minimum absolute atomic E-state index is 0.787. The predicted molar refractivity (Wildman–Crippen MR) is 83.0 cm³/mol. The third kappa shape index (κ3) is 3.12. The van der Waals surface area contributed by atoms with Crippen LogP contribution in [0.2, 0.25) is 0 Å². The van der Waals surface area contributed by atoms with E-state index in [1.165, 1.54) is 51.0 Å². The van der Waals surface area contributed by atoms with E-state index < -0.39 is 0 Å². The van der Waals surface area contributed by atoms with Crippen LogP contribution in [-0.4, -0.2) is 42.0 Å². The SMILES string of the molecule is Nc1ccc(CN2CCN3CCCCC3C2)c(Br)c1. The Bertz CT molecular complexity index is 449. The molecule has 1 aromatic rings. The second-order valence-electron chi connectivity index (χ2n) is 5.77. The standard InChI is InChI=1S/C15H22BrN3/c16-15-9-13(17)5-4-12(15)10-18-7-8-19-6-2-1-3-14(19)11-18/h4-5,9,14H,1-3,6-8,10-11,17H2. The van der Waals surface area contributed by atoms with E-state index in [-0.39, 0.29) is 0 Å². The van der Waals surface area contributed by atoms with Crippen LogP contribution >= 0.6 is 15.9 Å². The first-order valence-electron chi connectivity index (χ1n) is 7.23. The number of anilines is 1. The van der Waals surface area contributed by atoms with Crippen molar-refractivity contribution in [3.8, 4) is 0 Å². The highest BCUT2D eigenvalue weighted by molar-refractivity contribution is 9.10. The van der Waals surface area contributed by atoms with Gasteiger partial charge in [0.2, 0.25) is 0 Å². The molecule has 2 N–H and O–H groups in total. The molecule has 4 heteroatoms. The van der Waals surface area contributed by atoms with Crippen molar-refractivity contribution in [3.05, 3.63) is 28.2 Å². The Morgan fingerprint density at radius 3 is 2.95 bits per heavy atom. The molecule has 3 nitrogen and oxygen atoms in total. The average molecular weight is 324 g/mol. The molecular formula is C15H22BrN3. The van der Waals surface area contributed by atoms with E-state index >= 15 is 0 Å². The third-order valence-corrected chi connectivity index (χ3v) is 5.13. The molecule has 0 aromatic heterocycles. The molecule has 1 unspecified atom stereocenters. The Kier molecular flexibility index (Phi) is 4.10. The number of benzene rings is 1. The maximum Gasteiger partial charge on any atom is 0.0325 e. The largest absolute Gasteiger partial charge is 0.399 e. The maximum atomic E-state index is 5.80. The van der Waals surface area contributed by atoms with Crippen molar-refractivity contribution in [3.63, 3.8) is 0 Å². The zero-order valence-electron chi connectivity index (χ0n) is 11.3. The van der Waals surface area contributed by atoms with E-state index in [4.69, 9.17) is 5.73 Å². The van der Waals surface area contributed by atoms with Crippen molar-refractivity contribution in [1.29, 1.82) is 0 Å². The molecule has 0 bridgehead atoms. The number of halogens is 1. The number of nitrogens with zero attached hydrogens (tertiary/aromatic N) is 2. The normalized spacial score (nSPS) is 25.2. The topological polar surface area (TPSA) is 32.5 Å². The summed E-state index contributed by atoms with van der Waals surface area (Å²) in [6, 6.07) is 6.94. The zero-order chi connectivity index (χ0) is 13.2. The lowest BCUT2D eigenvalue weighted by atomic mass is 9.99. The van der Waals surface area contributed by atoms with Crippen LogP contribution in [0.25, 0.3) is 0 Å². The van der Waals surface area contributed by atoms with Crippen molar-refractivity contribution in [2.24, 2.45) is 0 Å². The summed E-state index contributed by atoms with van der Waals surface area (Å²) in [5.74, 6) is 0. The summed E-state index contributed by atoms with van der Waals surface area (Å²) < 4.78 is 1.14. The molecule has 3 rings (SSSR count). The molecule has 2 aliphatic heterocycles. The van der Waals surface area contributed by atoms with Gasteiger partial charge in [0.1, 0.15) is 0 Å². The number of piperidine rings is 1. The van der Waals surface area contributed by atoms with Gasteiger partial charge >= 0.3 is 0 Å². The number of nitrogen functional groups attached to an aromatic ring is 1. The molecule has 104 valence electrons. The number of rotatable bonds is 2. The molecule has 0 saturated carbocycles. The minimum Gasteiger partial charge on any atom is -0.399 e. The van der Waals surface area contributed by atoms with Gasteiger partial charge in [0.15, 0.2) is 0 Å². The van der Waals surface area contributed by atoms with Gasteiger partial charge in [0.05, 0.1) is 0 Å². The number of hydrogen-bond donors (Lipinski definition) is 1. The molecule has 1 aromatic carbocycles. The minimum atomic E-state index is 0.787. The molecule has 19 heavy (non-hydrogen) atoms. The highest BCUT2D eigenvalue weighted by Gasteiger charge is 2.28. The third-order valence-electron chi connectivity index (χ3n) is 4.39. The number of nitrogens with two attached hydrogens (primary N) is 1.